The third-order valence-electron chi connectivity index (χ3n) is 3.26. The number of aryl methyl sites for hydroxylation is 2. The van der Waals surface area contributed by atoms with Crippen LogP contribution in [0.15, 0.2) is 18.2 Å². The van der Waals surface area contributed by atoms with Gasteiger partial charge in [-0.05, 0) is 42.9 Å². The first-order valence-electron chi connectivity index (χ1n) is 6.88. The van der Waals surface area contributed by atoms with Crippen molar-refractivity contribution in [2.24, 2.45) is 5.92 Å². The van der Waals surface area contributed by atoms with Gasteiger partial charge in [-0.25, -0.2) is 0 Å². The average molecular weight is 234 g/mol. The quantitative estimate of drug-likeness (QED) is 0.669. The van der Waals surface area contributed by atoms with Gasteiger partial charge in [-0.2, -0.15) is 0 Å². The molecular formula is C16H26O. The van der Waals surface area contributed by atoms with Gasteiger partial charge in [0.2, 0.25) is 0 Å². The highest BCUT2D eigenvalue weighted by molar-refractivity contribution is 5.34. The Morgan fingerprint density at radius 1 is 1.06 bits per heavy atom. The Morgan fingerprint density at radius 3 is 2.41 bits per heavy atom. The van der Waals surface area contributed by atoms with E-state index in [-0.39, 0.29) is 0 Å². The fraction of sp³-hybridized carbons (Fsp3) is 0.625. The van der Waals surface area contributed by atoms with Gasteiger partial charge in [-0.15, -0.1) is 0 Å². The van der Waals surface area contributed by atoms with E-state index < -0.39 is 0 Å². The predicted molar refractivity (Wildman–Crippen MR) is 74.5 cm³/mol. The number of rotatable bonds is 7. The van der Waals surface area contributed by atoms with Crippen molar-refractivity contribution in [2.45, 2.75) is 59.3 Å². The Labute approximate surface area is 106 Å². The van der Waals surface area contributed by atoms with Crippen LogP contribution < -0.4 is 0 Å². The first kappa shape index (κ1) is 14.1. The van der Waals surface area contributed by atoms with Crippen LogP contribution in [0.25, 0.3) is 0 Å². The minimum atomic E-state index is 0.408. The highest BCUT2D eigenvalue weighted by Crippen LogP contribution is 2.18. The summed E-state index contributed by atoms with van der Waals surface area (Å²) >= 11 is 0. The van der Waals surface area contributed by atoms with Crippen molar-refractivity contribution in [3.63, 3.8) is 0 Å². The fourth-order valence-corrected chi connectivity index (χ4v) is 2.11. The lowest BCUT2D eigenvalue weighted by Gasteiger charge is -2.06. The molecule has 0 aromatic heterocycles. The van der Waals surface area contributed by atoms with E-state index in [4.69, 9.17) is 0 Å². The molecule has 1 heteroatoms. The lowest BCUT2D eigenvalue weighted by Crippen LogP contribution is -1.89. The number of phenolic OH excluding ortho intramolecular Hbond substituents is 1. The first-order valence-corrected chi connectivity index (χ1v) is 6.88. The van der Waals surface area contributed by atoms with Crippen molar-refractivity contribution in [1.29, 1.82) is 0 Å². The Balaban J connectivity index is 2.16. The summed E-state index contributed by atoms with van der Waals surface area (Å²) in [6.45, 7) is 6.54. The number of hydrogen-bond donors (Lipinski definition) is 1. The largest absolute Gasteiger partial charge is 0.508 e. The molecule has 0 aliphatic rings. The van der Waals surface area contributed by atoms with Crippen LogP contribution in [0.3, 0.4) is 0 Å². The maximum Gasteiger partial charge on any atom is 0.118 e. The average Bonchev–Trinajstić information content (AvgIpc) is 2.27. The van der Waals surface area contributed by atoms with Crippen LogP contribution in [-0.2, 0) is 6.42 Å². The maximum absolute atomic E-state index is 9.44. The third kappa shape index (κ3) is 5.76. The molecule has 17 heavy (non-hydrogen) atoms. The second kappa shape index (κ2) is 7.37. The molecule has 0 amide bonds. The van der Waals surface area contributed by atoms with E-state index in [0.29, 0.717) is 5.75 Å². The zero-order chi connectivity index (χ0) is 12.7. The number of unbranched alkanes of at least 4 members (excludes halogenated alkanes) is 3. The summed E-state index contributed by atoms with van der Waals surface area (Å²) in [6.07, 6.45) is 7.82. The second-order valence-electron chi connectivity index (χ2n) is 5.47. The summed E-state index contributed by atoms with van der Waals surface area (Å²) in [5, 5.41) is 9.44. The van der Waals surface area contributed by atoms with Crippen molar-refractivity contribution in [1.82, 2.24) is 0 Å². The molecule has 1 N–H and O–H groups in total. The Morgan fingerprint density at radius 2 is 1.76 bits per heavy atom. The second-order valence-corrected chi connectivity index (χ2v) is 5.47. The summed E-state index contributed by atoms with van der Waals surface area (Å²) in [4.78, 5) is 0. The summed E-state index contributed by atoms with van der Waals surface area (Å²) < 4.78 is 0. The maximum atomic E-state index is 9.44. The van der Waals surface area contributed by atoms with Crippen LogP contribution in [0.2, 0.25) is 0 Å². The monoisotopic (exact) mass is 234 g/mol. The molecular weight excluding hydrogens is 208 g/mol. The minimum Gasteiger partial charge on any atom is -0.508 e. The number of hydrogen-bond acceptors (Lipinski definition) is 1. The SMILES string of the molecule is Cc1cc(CCCCCCC(C)C)ccc1O. The normalized spacial score (nSPS) is 11.1. The molecule has 1 aromatic carbocycles. The van der Waals surface area contributed by atoms with Gasteiger partial charge in [-0.3, -0.25) is 0 Å². The summed E-state index contributed by atoms with van der Waals surface area (Å²) in [5.74, 6) is 1.25. The number of phenols is 1. The van der Waals surface area contributed by atoms with Crippen molar-refractivity contribution >= 4 is 0 Å². The van der Waals surface area contributed by atoms with Crippen molar-refractivity contribution in [3.05, 3.63) is 29.3 Å². The third-order valence-corrected chi connectivity index (χ3v) is 3.26. The van der Waals surface area contributed by atoms with Crippen LogP contribution in [0.1, 0.15) is 57.1 Å². The van der Waals surface area contributed by atoms with E-state index in [0.717, 1.165) is 17.9 Å². The van der Waals surface area contributed by atoms with Gasteiger partial charge in [0, 0.05) is 0 Å². The molecule has 0 aliphatic heterocycles. The van der Waals surface area contributed by atoms with E-state index in [1.54, 1.807) is 0 Å². The molecule has 0 fully saturated rings. The highest BCUT2D eigenvalue weighted by Gasteiger charge is 1.99. The van der Waals surface area contributed by atoms with Gasteiger partial charge >= 0.3 is 0 Å². The van der Waals surface area contributed by atoms with Crippen LogP contribution in [0.4, 0.5) is 0 Å². The van der Waals surface area contributed by atoms with Crippen molar-refractivity contribution in [2.75, 3.05) is 0 Å². The van der Waals surface area contributed by atoms with Gasteiger partial charge in [0.05, 0.1) is 0 Å². The first-order chi connectivity index (χ1) is 8.09. The smallest absolute Gasteiger partial charge is 0.118 e. The Kier molecular flexibility index (Phi) is 6.10. The van der Waals surface area contributed by atoms with Crippen LogP contribution >= 0.6 is 0 Å². The minimum absolute atomic E-state index is 0.408. The van der Waals surface area contributed by atoms with E-state index in [2.05, 4.69) is 19.9 Å². The molecule has 96 valence electrons. The predicted octanol–water partition coefficient (Wildman–Crippen LogP) is 4.85. The van der Waals surface area contributed by atoms with E-state index in [9.17, 15) is 5.11 Å². The van der Waals surface area contributed by atoms with E-state index >= 15 is 0 Å². The summed E-state index contributed by atoms with van der Waals surface area (Å²) in [6, 6.07) is 5.95. The molecule has 0 saturated carbocycles. The van der Waals surface area contributed by atoms with Gasteiger partial charge in [0.15, 0.2) is 0 Å². The molecule has 0 saturated heterocycles. The Hall–Kier alpha value is -0.980. The lowest BCUT2D eigenvalue weighted by molar-refractivity contribution is 0.470. The van der Waals surface area contributed by atoms with Crippen LogP contribution in [-0.4, -0.2) is 5.11 Å². The Bertz CT molecular complexity index is 328. The van der Waals surface area contributed by atoms with Crippen LogP contribution in [0.5, 0.6) is 5.75 Å². The van der Waals surface area contributed by atoms with Crippen molar-refractivity contribution in [3.8, 4) is 5.75 Å². The van der Waals surface area contributed by atoms with Gasteiger partial charge in [0.1, 0.15) is 5.75 Å². The number of benzene rings is 1. The fourth-order valence-electron chi connectivity index (χ4n) is 2.11. The van der Waals surface area contributed by atoms with Gasteiger partial charge < -0.3 is 5.11 Å². The zero-order valence-corrected chi connectivity index (χ0v) is 11.5. The van der Waals surface area contributed by atoms with Gasteiger partial charge in [0.25, 0.3) is 0 Å². The van der Waals surface area contributed by atoms with Gasteiger partial charge in [-0.1, -0.05) is 51.7 Å². The molecule has 0 unspecified atom stereocenters. The molecule has 1 nitrogen and oxygen atoms in total. The van der Waals surface area contributed by atoms with Crippen LogP contribution in [0, 0.1) is 12.8 Å². The molecule has 0 atom stereocenters. The topological polar surface area (TPSA) is 20.2 Å². The molecule has 0 radical (unpaired) electrons. The summed E-state index contributed by atoms with van der Waals surface area (Å²) in [7, 11) is 0. The standard InChI is InChI=1S/C16H26O/c1-13(2)8-6-4-5-7-9-15-10-11-16(17)14(3)12-15/h10-13,17H,4-9H2,1-3H3. The molecule has 0 spiro atoms. The molecule has 0 aliphatic carbocycles. The van der Waals surface area contributed by atoms with E-state index in [1.807, 2.05) is 19.1 Å². The molecule has 0 heterocycles. The lowest BCUT2D eigenvalue weighted by atomic mass is 10.0. The van der Waals surface area contributed by atoms with Crippen molar-refractivity contribution < 1.29 is 5.11 Å². The summed E-state index contributed by atoms with van der Waals surface area (Å²) in [5.41, 5.74) is 2.34. The zero-order valence-electron chi connectivity index (χ0n) is 11.5. The molecule has 1 aromatic rings. The highest BCUT2D eigenvalue weighted by atomic mass is 16.3. The number of aromatic hydroxyl groups is 1. The molecule has 1 rings (SSSR count). The molecule has 0 bridgehead atoms. The van der Waals surface area contributed by atoms with E-state index in [1.165, 1.54) is 37.7 Å².